The Morgan fingerprint density at radius 2 is 1.88 bits per heavy atom. The number of nitrogens with zero attached hydrogens (tertiary/aromatic N) is 2. The zero-order chi connectivity index (χ0) is 18.8. The maximum absolute atomic E-state index is 14.5. The zero-order valence-electron chi connectivity index (χ0n) is 14.2. The summed E-state index contributed by atoms with van der Waals surface area (Å²) in [6.07, 6.45) is 1.23. The lowest BCUT2D eigenvalue weighted by Gasteiger charge is -2.11. The number of aromatic nitrogens is 2. The number of hydrogen-bond acceptors (Lipinski definition) is 4. The quantitative estimate of drug-likeness (QED) is 0.669. The minimum atomic E-state index is -1.41. The molecule has 0 amide bonds. The van der Waals surface area contributed by atoms with Gasteiger partial charge < -0.3 is 4.74 Å². The van der Waals surface area contributed by atoms with Gasteiger partial charge in [-0.2, -0.15) is 5.10 Å². The molecule has 2 aromatic carbocycles. The standard InChI is InChI=1S/C19H16F2N2O3/c1-11(2)23-18(24)15-13(9-22-23)8-14(16(20)17(15)21)19(25)26-10-12-6-4-3-5-7-12/h3-9,11H,10H2,1-2H3. The van der Waals surface area contributed by atoms with Gasteiger partial charge in [-0.3, -0.25) is 4.79 Å². The number of fused-ring (bicyclic) bond motifs is 1. The SMILES string of the molecule is CC(C)n1ncc2cc(C(=O)OCc3ccccc3)c(F)c(F)c2c1=O. The third-order valence-electron chi connectivity index (χ3n) is 3.90. The molecule has 0 saturated carbocycles. The minimum absolute atomic E-state index is 0.0393. The van der Waals surface area contributed by atoms with Crippen LogP contribution < -0.4 is 5.56 Å². The molecule has 3 rings (SSSR count). The molecular formula is C19H16F2N2O3. The van der Waals surface area contributed by atoms with Crippen LogP contribution in [-0.2, 0) is 11.3 Å². The second kappa shape index (κ2) is 7.03. The Morgan fingerprint density at radius 1 is 1.19 bits per heavy atom. The predicted molar refractivity (Wildman–Crippen MR) is 91.9 cm³/mol. The van der Waals surface area contributed by atoms with Crippen LogP contribution in [0.5, 0.6) is 0 Å². The average molecular weight is 358 g/mol. The van der Waals surface area contributed by atoms with E-state index in [1.165, 1.54) is 6.20 Å². The number of carbonyl (C=O) groups excluding carboxylic acids is 1. The number of halogens is 2. The third kappa shape index (κ3) is 3.20. The van der Waals surface area contributed by atoms with Crippen molar-refractivity contribution in [2.45, 2.75) is 26.5 Å². The van der Waals surface area contributed by atoms with Gasteiger partial charge in [0.25, 0.3) is 5.56 Å². The fourth-order valence-corrected chi connectivity index (χ4v) is 2.57. The third-order valence-corrected chi connectivity index (χ3v) is 3.90. The highest BCUT2D eigenvalue weighted by Crippen LogP contribution is 2.22. The van der Waals surface area contributed by atoms with Crippen molar-refractivity contribution >= 4 is 16.7 Å². The van der Waals surface area contributed by atoms with Crippen molar-refractivity contribution < 1.29 is 18.3 Å². The summed E-state index contributed by atoms with van der Waals surface area (Å²) in [6.45, 7) is 3.32. The fraction of sp³-hybridized carbons (Fsp3) is 0.211. The van der Waals surface area contributed by atoms with Crippen LogP contribution in [0.15, 0.2) is 47.4 Å². The van der Waals surface area contributed by atoms with Crippen LogP contribution in [0.2, 0.25) is 0 Å². The monoisotopic (exact) mass is 358 g/mol. The Hall–Kier alpha value is -3.09. The Kier molecular flexibility index (Phi) is 4.79. The van der Waals surface area contributed by atoms with E-state index in [1.807, 2.05) is 0 Å². The highest BCUT2D eigenvalue weighted by molar-refractivity contribution is 5.95. The molecule has 5 nitrogen and oxygen atoms in total. The molecule has 0 fully saturated rings. The van der Waals surface area contributed by atoms with Crippen molar-refractivity contribution in [3.63, 3.8) is 0 Å². The lowest BCUT2D eigenvalue weighted by molar-refractivity contribution is 0.0466. The van der Waals surface area contributed by atoms with E-state index in [0.717, 1.165) is 10.7 Å². The summed E-state index contributed by atoms with van der Waals surface area (Å²) in [6, 6.07) is 9.59. The molecular weight excluding hydrogens is 342 g/mol. The Bertz CT molecular complexity index is 1030. The van der Waals surface area contributed by atoms with Crippen LogP contribution in [0.1, 0.15) is 35.8 Å². The highest BCUT2D eigenvalue weighted by Gasteiger charge is 2.23. The zero-order valence-corrected chi connectivity index (χ0v) is 14.2. The summed E-state index contributed by atoms with van der Waals surface area (Å²) in [5, 5.41) is 3.53. The first-order chi connectivity index (χ1) is 12.4. The van der Waals surface area contributed by atoms with Gasteiger partial charge in [-0.15, -0.1) is 0 Å². The van der Waals surface area contributed by atoms with E-state index in [1.54, 1.807) is 44.2 Å². The molecule has 0 atom stereocenters. The number of carbonyl (C=O) groups is 1. The number of hydrogen-bond donors (Lipinski definition) is 0. The van der Waals surface area contributed by atoms with Gasteiger partial charge in [-0.1, -0.05) is 30.3 Å². The van der Waals surface area contributed by atoms with Crippen molar-refractivity contribution in [1.82, 2.24) is 9.78 Å². The molecule has 1 heterocycles. The Morgan fingerprint density at radius 3 is 2.54 bits per heavy atom. The fourth-order valence-electron chi connectivity index (χ4n) is 2.57. The van der Waals surface area contributed by atoms with E-state index in [4.69, 9.17) is 4.74 Å². The van der Waals surface area contributed by atoms with E-state index in [2.05, 4.69) is 5.10 Å². The molecule has 26 heavy (non-hydrogen) atoms. The molecule has 0 spiro atoms. The molecule has 0 radical (unpaired) electrons. The molecule has 7 heteroatoms. The summed E-state index contributed by atoms with van der Waals surface area (Å²) in [4.78, 5) is 24.5. The molecule has 134 valence electrons. The van der Waals surface area contributed by atoms with Crippen LogP contribution in [0, 0.1) is 11.6 Å². The molecule has 0 saturated heterocycles. The Balaban J connectivity index is 1.99. The molecule has 0 aliphatic heterocycles. The van der Waals surface area contributed by atoms with Gasteiger partial charge in [0.15, 0.2) is 11.6 Å². The molecule has 0 unspecified atom stereocenters. The van der Waals surface area contributed by atoms with Crippen LogP contribution in [-0.4, -0.2) is 15.7 Å². The number of esters is 1. The van der Waals surface area contributed by atoms with Gasteiger partial charge in [0.05, 0.1) is 23.2 Å². The molecule has 3 aromatic rings. The minimum Gasteiger partial charge on any atom is -0.457 e. The van der Waals surface area contributed by atoms with Gasteiger partial charge in [0, 0.05) is 5.39 Å². The first-order valence-corrected chi connectivity index (χ1v) is 8.00. The molecule has 0 aliphatic rings. The largest absolute Gasteiger partial charge is 0.457 e. The van der Waals surface area contributed by atoms with Gasteiger partial charge in [0.2, 0.25) is 0 Å². The average Bonchev–Trinajstić information content (AvgIpc) is 2.63. The van der Waals surface area contributed by atoms with Crippen LogP contribution in [0.3, 0.4) is 0 Å². The summed E-state index contributed by atoms with van der Waals surface area (Å²) >= 11 is 0. The maximum Gasteiger partial charge on any atom is 0.341 e. The molecule has 1 aromatic heterocycles. The molecule has 0 aliphatic carbocycles. The van der Waals surface area contributed by atoms with Crippen LogP contribution in [0.4, 0.5) is 8.78 Å². The van der Waals surface area contributed by atoms with Gasteiger partial charge >= 0.3 is 5.97 Å². The van der Waals surface area contributed by atoms with Gasteiger partial charge in [-0.25, -0.2) is 18.3 Å². The highest BCUT2D eigenvalue weighted by atomic mass is 19.2. The normalized spacial score (nSPS) is 11.1. The van der Waals surface area contributed by atoms with Crippen molar-refractivity contribution in [3.05, 3.63) is 75.7 Å². The lowest BCUT2D eigenvalue weighted by Crippen LogP contribution is -2.25. The maximum atomic E-state index is 14.5. The van der Waals surface area contributed by atoms with E-state index >= 15 is 0 Å². The first kappa shape index (κ1) is 17.7. The number of benzene rings is 2. The van der Waals surface area contributed by atoms with Crippen LogP contribution >= 0.6 is 0 Å². The van der Waals surface area contributed by atoms with Crippen molar-refractivity contribution in [1.29, 1.82) is 0 Å². The van der Waals surface area contributed by atoms with Crippen molar-refractivity contribution in [3.8, 4) is 0 Å². The summed E-state index contributed by atoms with van der Waals surface area (Å²) < 4.78 is 34.9. The van der Waals surface area contributed by atoms with E-state index < -0.39 is 34.1 Å². The van der Waals surface area contributed by atoms with E-state index in [-0.39, 0.29) is 18.0 Å². The predicted octanol–water partition coefficient (Wildman–Crippen LogP) is 3.61. The number of ether oxygens (including phenoxy) is 1. The van der Waals surface area contributed by atoms with Crippen LogP contribution in [0.25, 0.3) is 10.8 Å². The number of rotatable bonds is 4. The van der Waals surface area contributed by atoms with E-state index in [9.17, 15) is 18.4 Å². The van der Waals surface area contributed by atoms with Crippen molar-refractivity contribution in [2.75, 3.05) is 0 Å². The van der Waals surface area contributed by atoms with Crippen molar-refractivity contribution in [2.24, 2.45) is 0 Å². The molecule has 0 N–H and O–H groups in total. The van der Waals surface area contributed by atoms with Gasteiger partial charge in [-0.05, 0) is 25.5 Å². The molecule has 0 bridgehead atoms. The summed E-state index contributed by atoms with van der Waals surface area (Å²) in [5.41, 5.74) is -0.614. The summed E-state index contributed by atoms with van der Waals surface area (Å²) in [5.74, 6) is -3.80. The Labute approximate surface area is 147 Å². The lowest BCUT2D eigenvalue weighted by atomic mass is 10.1. The first-order valence-electron chi connectivity index (χ1n) is 8.00. The topological polar surface area (TPSA) is 61.2 Å². The summed E-state index contributed by atoms with van der Waals surface area (Å²) in [7, 11) is 0. The van der Waals surface area contributed by atoms with Gasteiger partial charge in [0.1, 0.15) is 6.61 Å². The van der Waals surface area contributed by atoms with E-state index in [0.29, 0.717) is 5.56 Å². The second-order valence-electron chi connectivity index (χ2n) is 6.07. The smallest absolute Gasteiger partial charge is 0.341 e. The second-order valence-corrected chi connectivity index (χ2v) is 6.07.